The number of hydrogen-bond acceptors (Lipinski definition) is 2. The lowest BCUT2D eigenvalue weighted by Gasteiger charge is -2.09. The Labute approximate surface area is 114 Å². The number of benzene rings is 1. The Balaban J connectivity index is 2.30. The number of H-pyrrole nitrogens is 1. The van der Waals surface area contributed by atoms with E-state index in [9.17, 15) is 4.79 Å². The van der Waals surface area contributed by atoms with Crippen LogP contribution in [0.1, 0.15) is 17.5 Å². The van der Waals surface area contributed by atoms with Crippen LogP contribution in [0.2, 0.25) is 10.0 Å². The summed E-state index contributed by atoms with van der Waals surface area (Å²) in [5.74, 6) is 0. The molecule has 1 aliphatic rings. The predicted octanol–water partition coefficient (Wildman–Crippen LogP) is 3.23. The molecule has 2 aromatic rings. The molecule has 0 unspecified atom stereocenters. The van der Waals surface area contributed by atoms with Crippen molar-refractivity contribution in [2.75, 3.05) is 0 Å². The van der Waals surface area contributed by atoms with Crippen LogP contribution >= 0.6 is 23.2 Å². The van der Waals surface area contributed by atoms with E-state index in [4.69, 9.17) is 23.2 Å². The molecule has 92 valence electrons. The summed E-state index contributed by atoms with van der Waals surface area (Å²) in [7, 11) is 0. The minimum Gasteiger partial charge on any atom is -0.268 e. The lowest BCUT2D eigenvalue weighted by atomic mass is 10.0. The van der Waals surface area contributed by atoms with Gasteiger partial charge in [-0.25, -0.2) is 5.10 Å². The SMILES string of the molecule is O=c1cc2c(n[nH]1)-c1cc(Cl)c(Cl)cc1CCC2. The number of aromatic nitrogens is 2. The van der Waals surface area contributed by atoms with Gasteiger partial charge >= 0.3 is 0 Å². The van der Waals surface area contributed by atoms with E-state index in [2.05, 4.69) is 10.2 Å². The fourth-order valence-corrected chi connectivity index (χ4v) is 2.70. The van der Waals surface area contributed by atoms with Crippen LogP contribution in [-0.4, -0.2) is 10.2 Å². The van der Waals surface area contributed by atoms with Crippen molar-refractivity contribution in [3.8, 4) is 11.3 Å². The van der Waals surface area contributed by atoms with E-state index in [1.54, 1.807) is 6.07 Å². The fourth-order valence-electron chi connectivity index (χ4n) is 2.35. The normalized spacial score (nSPS) is 13.7. The Morgan fingerprint density at radius 3 is 2.61 bits per heavy atom. The molecule has 0 spiro atoms. The first kappa shape index (κ1) is 11.8. The van der Waals surface area contributed by atoms with Crippen molar-refractivity contribution < 1.29 is 0 Å². The summed E-state index contributed by atoms with van der Waals surface area (Å²) in [6.45, 7) is 0. The first-order valence-electron chi connectivity index (χ1n) is 5.72. The number of nitrogens with one attached hydrogen (secondary N) is 1. The van der Waals surface area contributed by atoms with Gasteiger partial charge in [-0.3, -0.25) is 4.79 Å². The minimum atomic E-state index is -0.169. The maximum atomic E-state index is 11.3. The molecular weight excluding hydrogens is 271 g/mol. The van der Waals surface area contributed by atoms with Crippen LogP contribution in [0.5, 0.6) is 0 Å². The third kappa shape index (κ3) is 1.93. The van der Waals surface area contributed by atoms with E-state index >= 15 is 0 Å². The van der Waals surface area contributed by atoms with Gasteiger partial charge in [0.05, 0.1) is 15.7 Å². The summed E-state index contributed by atoms with van der Waals surface area (Å²) in [4.78, 5) is 11.3. The lowest BCUT2D eigenvalue weighted by molar-refractivity contribution is 0.826. The smallest absolute Gasteiger partial charge is 0.264 e. The van der Waals surface area contributed by atoms with E-state index in [1.807, 2.05) is 12.1 Å². The molecule has 0 amide bonds. The lowest BCUT2D eigenvalue weighted by Crippen LogP contribution is -2.09. The second kappa shape index (κ2) is 4.41. The molecule has 0 atom stereocenters. The van der Waals surface area contributed by atoms with Gasteiger partial charge in [-0.05, 0) is 42.5 Å². The van der Waals surface area contributed by atoms with Gasteiger partial charge in [-0.2, -0.15) is 5.10 Å². The zero-order chi connectivity index (χ0) is 12.7. The van der Waals surface area contributed by atoms with Gasteiger partial charge in [0.15, 0.2) is 0 Å². The van der Waals surface area contributed by atoms with Gasteiger partial charge in [0.25, 0.3) is 5.56 Å². The molecule has 0 saturated heterocycles. The zero-order valence-corrected chi connectivity index (χ0v) is 11.0. The van der Waals surface area contributed by atoms with Crippen molar-refractivity contribution in [3.05, 3.63) is 49.7 Å². The van der Waals surface area contributed by atoms with Crippen LogP contribution in [0.15, 0.2) is 23.0 Å². The Bertz CT molecular complexity index is 679. The summed E-state index contributed by atoms with van der Waals surface area (Å²) in [6, 6.07) is 5.33. The molecular formula is C13H10Cl2N2O. The fraction of sp³-hybridized carbons (Fsp3) is 0.231. The Kier molecular flexibility index (Phi) is 2.88. The number of hydrogen-bond donors (Lipinski definition) is 1. The molecule has 1 N–H and O–H groups in total. The standard InChI is InChI=1S/C13H10Cl2N2O/c14-10-4-7-2-1-3-8-5-12(18)16-17-13(8)9(7)6-11(10)15/h4-6H,1-3H2,(H,16,18). The number of aryl methyl sites for hydroxylation is 2. The molecule has 0 fully saturated rings. The van der Waals surface area contributed by atoms with E-state index in [-0.39, 0.29) is 5.56 Å². The van der Waals surface area contributed by atoms with E-state index in [1.165, 1.54) is 0 Å². The molecule has 5 heteroatoms. The highest BCUT2D eigenvalue weighted by Crippen LogP contribution is 2.35. The Morgan fingerprint density at radius 1 is 1.06 bits per heavy atom. The average Bonchev–Trinajstić information content (AvgIpc) is 2.49. The van der Waals surface area contributed by atoms with Gasteiger partial charge in [0.1, 0.15) is 0 Å². The number of aromatic amines is 1. The van der Waals surface area contributed by atoms with E-state index in [0.717, 1.165) is 41.6 Å². The van der Waals surface area contributed by atoms with Gasteiger partial charge < -0.3 is 0 Å². The molecule has 1 aromatic heterocycles. The van der Waals surface area contributed by atoms with Gasteiger partial charge in [0.2, 0.25) is 0 Å². The van der Waals surface area contributed by atoms with Crippen molar-refractivity contribution in [2.24, 2.45) is 0 Å². The second-order valence-corrected chi connectivity index (χ2v) is 5.20. The van der Waals surface area contributed by atoms with E-state index in [0.29, 0.717) is 10.0 Å². The Hall–Kier alpha value is -1.32. The monoisotopic (exact) mass is 280 g/mol. The molecule has 1 heterocycles. The van der Waals surface area contributed by atoms with Crippen molar-refractivity contribution in [1.29, 1.82) is 0 Å². The van der Waals surface area contributed by atoms with Crippen LogP contribution in [0.4, 0.5) is 0 Å². The van der Waals surface area contributed by atoms with Crippen molar-refractivity contribution in [1.82, 2.24) is 10.2 Å². The van der Waals surface area contributed by atoms with Crippen molar-refractivity contribution in [2.45, 2.75) is 19.3 Å². The summed E-state index contributed by atoms with van der Waals surface area (Å²) >= 11 is 12.1. The van der Waals surface area contributed by atoms with Crippen molar-refractivity contribution in [3.63, 3.8) is 0 Å². The number of halogens is 2. The Morgan fingerprint density at radius 2 is 1.78 bits per heavy atom. The molecule has 1 aromatic carbocycles. The van der Waals surface area contributed by atoms with Crippen LogP contribution in [0.25, 0.3) is 11.3 Å². The zero-order valence-electron chi connectivity index (χ0n) is 9.46. The second-order valence-electron chi connectivity index (χ2n) is 4.38. The number of rotatable bonds is 0. The molecule has 0 radical (unpaired) electrons. The molecule has 0 aliphatic heterocycles. The highest BCUT2D eigenvalue weighted by atomic mass is 35.5. The molecule has 0 bridgehead atoms. The topological polar surface area (TPSA) is 45.8 Å². The van der Waals surface area contributed by atoms with Gasteiger partial charge in [-0.15, -0.1) is 0 Å². The summed E-state index contributed by atoms with van der Waals surface area (Å²) in [5.41, 5.74) is 3.70. The summed E-state index contributed by atoms with van der Waals surface area (Å²) in [5, 5.41) is 7.70. The number of fused-ring (bicyclic) bond motifs is 3. The number of nitrogens with zero attached hydrogens (tertiary/aromatic N) is 1. The first-order valence-corrected chi connectivity index (χ1v) is 6.47. The molecule has 3 nitrogen and oxygen atoms in total. The molecule has 1 aliphatic carbocycles. The predicted molar refractivity (Wildman–Crippen MR) is 72.3 cm³/mol. The molecule has 18 heavy (non-hydrogen) atoms. The molecule has 0 saturated carbocycles. The third-order valence-corrected chi connectivity index (χ3v) is 3.90. The van der Waals surface area contributed by atoms with Crippen LogP contribution in [0, 0.1) is 0 Å². The van der Waals surface area contributed by atoms with Crippen LogP contribution < -0.4 is 5.56 Å². The quantitative estimate of drug-likeness (QED) is 0.805. The summed E-state index contributed by atoms with van der Waals surface area (Å²) < 4.78 is 0. The highest BCUT2D eigenvalue weighted by Gasteiger charge is 2.18. The van der Waals surface area contributed by atoms with Crippen molar-refractivity contribution >= 4 is 23.2 Å². The van der Waals surface area contributed by atoms with Crippen LogP contribution in [-0.2, 0) is 12.8 Å². The summed E-state index contributed by atoms with van der Waals surface area (Å²) in [6.07, 6.45) is 2.73. The third-order valence-electron chi connectivity index (χ3n) is 3.18. The maximum Gasteiger partial charge on any atom is 0.264 e. The minimum absolute atomic E-state index is 0.169. The van der Waals surface area contributed by atoms with Crippen LogP contribution in [0.3, 0.4) is 0 Å². The maximum absolute atomic E-state index is 11.3. The highest BCUT2D eigenvalue weighted by molar-refractivity contribution is 6.42. The molecule has 3 rings (SSSR count). The van der Waals surface area contributed by atoms with Gasteiger partial charge in [0, 0.05) is 11.6 Å². The largest absolute Gasteiger partial charge is 0.268 e. The van der Waals surface area contributed by atoms with E-state index < -0.39 is 0 Å². The first-order chi connectivity index (χ1) is 8.65. The van der Waals surface area contributed by atoms with Gasteiger partial charge in [-0.1, -0.05) is 23.2 Å². The average molecular weight is 281 g/mol.